The van der Waals surface area contributed by atoms with Gasteiger partial charge in [-0.3, -0.25) is 4.79 Å². The van der Waals surface area contributed by atoms with Crippen LogP contribution in [0.5, 0.6) is 0 Å². The molecule has 5 heteroatoms. The fourth-order valence-corrected chi connectivity index (χ4v) is 2.85. The maximum atomic E-state index is 10.5. The first-order chi connectivity index (χ1) is 8.62. The van der Waals surface area contributed by atoms with Crippen molar-refractivity contribution in [1.82, 2.24) is 5.32 Å². The Hall–Kier alpha value is -0.580. The molecule has 19 heavy (non-hydrogen) atoms. The SMILES string of the molecule is Cl.O=C(O)CCCNC1(c2cccc(Br)c2)CCC1. The Morgan fingerprint density at radius 2 is 2.16 bits per heavy atom. The molecule has 0 atom stereocenters. The van der Waals surface area contributed by atoms with Crippen LogP contribution in [0.3, 0.4) is 0 Å². The summed E-state index contributed by atoms with van der Waals surface area (Å²) < 4.78 is 1.10. The number of rotatable bonds is 6. The first-order valence-corrected chi connectivity index (χ1v) is 7.15. The lowest BCUT2D eigenvalue weighted by Crippen LogP contribution is -2.48. The average molecular weight is 349 g/mol. The molecule has 0 saturated heterocycles. The molecular weight excluding hydrogens is 330 g/mol. The highest BCUT2D eigenvalue weighted by Crippen LogP contribution is 2.41. The molecule has 1 aromatic carbocycles. The van der Waals surface area contributed by atoms with E-state index in [9.17, 15) is 4.79 Å². The fraction of sp³-hybridized carbons (Fsp3) is 0.500. The van der Waals surface area contributed by atoms with Crippen molar-refractivity contribution in [3.8, 4) is 0 Å². The summed E-state index contributed by atoms with van der Waals surface area (Å²) in [6.07, 6.45) is 4.43. The van der Waals surface area contributed by atoms with Gasteiger partial charge in [0.15, 0.2) is 0 Å². The second-order valence-corrected chi connectivity index (χ2v) is 5.79. The van der Waals surface area contributed by atoms with Gasteiger partial charge in [-0.1, -0.05) is 28.1 Å². The predicted octanol–water partition coefficient (Wildman–Crippen LogP) is 3.70. The quantitative estimate of drug-likeness (QED) is 0.771. The molecular formula is C14H19BrClNO2. The van der Waals surface area contributed by atoms with Gasteiger partial charge in [0.05, 0.1) is 0 Å². The summed E-state index contributed by atoms with van der Waals surface area (Å²) in [5.74, 6) is -0.720. The lowest BCUT2D eigenvalue weighted by molar-refractivity contribution is -0.137. The van der Waals surface area contributed by atoms with E-state index in [2.05, 4.69) is 39.4 Å². The van der Waals surface area contributed by atoms with Crippen LogP contribution >= 0.6 is 28.3 Å². The van der Waals surface area contributed by atoms with Crippen LogP contribution in [0, 0.1) is 0 Å². The molecule has 1 aromatic rings. The molecule has 1 aliphatic carbocycles. The molecule has 0 amide bonds. The van der Waals surface area contributed by atoms with Crippen LogP contribution in [0.25, 0.3) is 0 Å². The van der Waals surface area contributed by atoms with Crippen molar-refractivity contribution in [3.63, 3.8) is 0 Å². The van der Waals surface area contributed by atoms with Crippen LogP contribution in [0.1, 0.15) is 37.7 Å². The van der Waals surface area contributed by atoms with E-state index < -0.39 is 5.97 Å². The third-order valence-electron chi connectivity index (χ3n) is 3.62. The second kappa shape index (κ2) is 7.27. The number of halogens is 2. The molecule has 106 valence electrons. The minimum absolute atomic E-state index is 0. The van der Waals surface area contributed by atoms with Crippen molar-refractivity contribution in [2.24, 2.45) is 0 Å². The molecule has 0 spiro atoms. The van der Waals surface area contributed by atoms with E-state index >= 15 is 0 Å². The largest absolute Gasteiger partial charge is 0.481 e. The van der Waals surface area contributed by atoms with Gasteiger partial charge in [0.2, 0.25) is 0 Å². The van der Waals surface area contributed by atoms with Gasteiger partial charge in [-0.25, -0.2) is 0 Å². The monoisotopic (exact) mass is 347 g/mol. The van der Waals surface area contributed by atoms with Gasteiger partial charge >= 0.3 is 5.97 Å². The number of hydrogen-bond acceptors (Lipinski definition) is 2. The highest BCUT2D eigenvalue weighted by atomic mass is 79.9. The van der Waals surface area contributed by atoms with E-state index in [1.54, 1.807) is 0 Å². The Morgan fingerprint density at radius 1 is 1.42 bits per heavy atom. The summed E-state index contributed by atoms with van der Waals surface area (Å²) in [6.45, 7) is 0.763. The van der Waals surface area contributed by atoms with E-state index in [0.717, 1.165) is 23.9 Å². The molecule has 0 unspecified atom stereocenters. The van der Waals surface area contributed by atoms with E-state index in [1.807, 2.05) is 6.07 Å². The van der Waals surface area contributed by atoms with Crippen molar-refractivity contribution >= 4 is 34.3 Å². The molecule has 0 radical (unpaired) electrons. The van der Waals surface area contributed by atoms with E-state index in [4.69, 9.17) is 5.11 Å². The Kier molecular flexibility index (Phi) is 6.30. The molecule has 0 heterocycles. The normalized spacial score (nSPS) is 16.3. The third-order valence-corrected chi connectivity index (χ3v) is 4.11. The highest BCUT2D eigenvalue weighted by molar-refractivity contribution is 9.10. The number of hydrogen-bond donors (Lipinski definition) is 2. The average Bonchev–Trinajstić information content (AvgIpc) is 2.26. The summed E-state index contributed by atoms with van der Waals surface area (Å²) in [5.41, 5.74) is 1.38. The van der Waals surface area contributed by atoms with Crippen molar-refractivity contribution in [2.45, 2.75) is 37.6 Å². The predicted molar refractivity (Wildman–Crippen MR) is 81.8 cm³/mol. The van der Waals surface area contributed by atoms with Gasteiger partial charge in [-0.05, 0) is 49.9 Å². The minimum atomic E-state index is -0.720. The molecule has 0 aromatic heterocycles. The van der Waals surface area contributed by atoms with Crippen LogP contribution in [0.4, 0.5) is 0 Å². The third kappa shape index (κ3) is 4.20. The number of nitrogens with one attached hydrogen (secondary N) is 1. The zero-order chi connectivity index (χ0) is 13.0. The molecule has 1 aliphatic rings. The summed E-state index contributed by atoms with van der Waals surface area (Å²) in [4.78, 5) is 10.5. The number of benzene rings is 1. The van der Waals surface area contributed by atoms with Crippen molar-refractivity contribution in [3.05, 3.63) is 34.3 Å². The Balaban J connectivity index is 0.00000180. The molecule has 2 rings (SSSR count). The molecule has 2 N–H and O–H groups in total. The molecule has 0 aliphatic heterocycles. The number of carboxylic acid groups (broad SMARTS) is 1. The van der Waals surface area contributed by atoms with Crippen molar-refractivity contribution < 1.29 is 9.90 Å². The number of carbonyl (C=O) groups is 1. The summed E-state index contributed by atoms with van der Waals surface area (Å²) in [7, 11) is 0. The molecule has 1 fully saturated rings. The number of aliphatic carboxylic acids is 1. The van der Waals surface area contributed by atoms with Crippen LogP contribution in [0.15, 0.2) is 28.7 Å². The Labute approximate surface area is 128 Å². The summed E-state index contributed by atoms with van der Waals surface area (Å²) in [6, 6.07) is 8.39. The molecule has 0 bridgehead atoms. The zero-order valence-electron chi connectivity index (χ0n) is 10.7. The van der Waals surface area contributed by atoms with Crippen molar-refractivity contribution in [1.29, 1.82) is 0 Å². The topological polar surface area (TPSA) is 49.3 Å². The van der Waals surface area contributed by atoms with Gasteiger partial charge < -0.3 is 10.4 Å². The lowest BCUT2D eigenvalue weighted by Gasteiger charge is -2.43. The first kappa shape index (κ1) is 16.5. The molecule has 3 nitrogen and oxygen atoms in total. The maximum Gasteiger partial charge on any atom is 0.303 e. The van der Waals surface area contributed by atoms with E-state index in [0.29, 0.717) is 6.42 Å². The maximum absolute atomic E-state index is 10.5. The standard InChI is InChI=1S/C14H18BrNO2.ClH/c15-12-5-1-4-11(10-12)14(7-3-8-14)16-9-2-6-13(17)18;/h1,4-5,10,16H,2-3,6-9H2,(H,17,18);1H. The van der Waals surface area contributed by atoms with E-state index in [-0.39, 0.29) is 24.4 Å². The lowest BCUT2D eigenvalue weighted by atomic mass is 9.72. The summed E-state index contributed by atoms with van der Waals surface area (Å²) >= 11 is 3.50. The number of carboxylic acids is 1. The first-order valence-electron chi connectivity index (χ1n) is 6.35. The fourth-order valence-electron chi connectivity index (χ4n) is 2.45. The van der Waals surface area contributed by atoms with Crippen LogP contribution in [-0.2, 0) is 10.3 Å². The van der Waals surface area contributed by atoms with Gasteiger partial charge in [0.25, 0.3) is 0 Å². The zero-order valence-corrected chi connectivity index (χ0v) is 13.1. The van der Waals surface area contributed by atoms with Crippen LogP contribution in [-0.4, -0.2) is 17.6 Å². The van der Waals surface area contributed by atoms with Gasteiger partial charge in [0, 0.05) is 16.4 Å². The smallest absolute Gasteiger partial charge is 0.303 e. The second-order valence-electron chi connectivity index (χ2n) is 4.87. The molecule has 1 saturated carbocycles. The van der Waals surface area contributed by atoms with Gasteiger partial charge in [0.1, 0.15) is 0 Å². The Morgan fingerprint density at radius 3 is 2.68 bits per heavy atom. The summed E-state index contributed by atoms with van der Waals surface area (Å²) in [5, 5.41) is 12.2. The minimum Gasteiger partial charge on any atom is -0.481 e. The van der Waals surface area contributed by atoms with E-state index in [1.165, 1.54) is 12.0 Å². The van der Waals surface area contributed by atoms with Gasteiger partial charge in [-0.2, -0.15) is 0 Å². The Bertz CT molecular complexity index is 435. The van der Waals surface area contributed by atoms with Gasteiger partial charge in [-0.15, -0.1) is 12.4 Å². The van der Waals surface area contributed by atoms with Crippen LogP contribution < -0.4 is 5.32 Å². The van der Waals surface area contributed by atoms with Crippen molar-refractivity contribution in [2.75, 3.05) is 6.54 Å². The highest BCUT2D eigenvalue weighted by Gasteiger charge is 2.37. The van der Waals surface area contributed by atoms with Crippen LogP contribution in [0.2, 0.25) is 0 Å².